The average molecular weight is 500 g/mol. The van der Waals surface area contributed by atoms with Crippen LogP contribution in [-0.4, -0.2) is 67.5 Å². The number of hydrogen-bond donors (Lipinski definition) is 0. The maximum absolute atomic E-state index is 13.1. The third-order valence-electron chi connectivity index (χ3n) is 6.38. The molecule has 0 N–H and O–H groups in total. The zero-order valence-electron chi connectivity index (χ0n) is 18.1. The van der Waals surface area contributed by atoms with E-state index in [0.717, 1.165) is 66.3 Å². The fraction of sp³-hybridized carbons (Fsp3) is 0.400. The number of hydrogen-bond acceptors (Lipinski definition) is 5. The molecule has 3 aliphatic heterocycles. The first-order valence-corrected chi connectivity index (χ1v) is 11.9. The Labute approximate surface area is 196 Å². The molecule has 7 heteroatoms. The van der Waals surface area contributed by atoms with Gasteiger partial charge in [-0.3, -0.25) is 9.80 Å². The summed E-state index contributed by atoms with van der Waals surface area (Å²) in [7, 11) is 0. The van der Waals surface area contributed by atoms with Crippen LogP contribution in [0.15, 0.2) is 57.7 Å². The molecule has 5 rings (SSSR count). The summed E-state index contributed by atoms with van der Waals surface area (Å²) < 4.78 is 20.1. The van der Waals surface area contributed by atoms with E-state index in [4.69, 9.17) is 9.57 Å². The van der Waals surface area contributed by atoms with E-state index in [1.54, 1.807) is 0 Å². The van der Waals surface area contributed by atoms with E-state index in [9.17, 15) is 4.39 Å². The fourth-order valence-corrected chi connectivity index (χ4v) is 5.01. The fourth-order valence-electron chi connectivity index (χ4n) is 4.67. The van der Waals surface area contributed by atoms with Crippen molar-refractivity contribution in [2.24, 2.45) is 11.1 Å². The molecule has 3 aliphatic rings. The molecule has 2 atom stereocenters. The van der Waals surface area contributed by atoms with Crippen molar-refractivity contribution in [3.8, 4) is 5.75 Å². The minimum absolute atomic E-state index is 0.0356. The Morgan fingerprint density at radius 2 is 1.88 bits per heavy atom. The number of ether oxygens (including phenoxy) is 1. The molecule has 0 saturated carbocycles. The van der Waals surface area contributed by atoms with E-state index in [1.807, 2.05) is 24.3 Å². The molecule has 0 spiro atoms. The van der Waals surface area contributed by atoms with Gasteiger partial charge in [-0.05, 0) is 42.8 Å². The van der Waals surface area contributed by atoms with Gasteiger partial charge in [-0.2, -0.15) is 0 Å². The highest BCUT2D eigenvalue weighted by atomic mass is 79.9. The van der Waals surface area contributed by atoms with Crippen molar-refractivity contribution in [2.75, 3.05) is 45.9 Å². The highest BCUT2D eigenvalue weighted by Crippen LogP contribution is 2.35. The van der Waals surface area contributed by atoms with E-state index < -0.39 is 0 Å². The first-order valence-electron chi connectivity index (χ1n) is 11.1. The maximum atomic E-state index is 13.1. The average Bonchev–Trinajstić information content (AvgIpc) is 3.19. The molecule has 0 radical (unpaired) electrons. The first-order chi connectivity index (χ1) is 15.5. The summed E-state index contributed by atoms with van der Waals surface area (Å²) in [4.78, 5) is 10.8. The Morgan fingerprint density at radius 3 is 2.66 bits per heavy atom. The predicted molar refractivity (Wildman–Crippen MR) is 127 cm³/mol. The first kappa shape index (κ1) is 21.6. The molecule has 0 aliphatic carbocycles. The number of nitrogens with zero attached hydrogens (tertiary/aromatic N) is 3. The highest BCUT2D eigenvalue weighted by molar-refractivity contribution is 9.10. The van der Waals surface area contributed by atoms with Gasteiger partial charge in [0.2, 0.25) is 0 Å². The van der Waals surface area contributed by atoms with Crippen LogP contribution in [0.1, 0.15) is 18.1 Å². The van der Waals surface area contributed by atoms with Crippen LogP contribution in [0.5, 0.6) is 5.75 Å². The number of oxime groups is 1. The lowest BCUT2D eigenvalue weighted by molar-refractivity contribution is 0.0101. The molecule has 1 fully saturated rings. The van der Waals surface area contributed by atoms with Crippen molar-refractivity contribution in [1.82, 2.24) is 9.80 Å². The van der Waals surface area contributed by atoms with Crippen molar-refractivity contribution >= 4 is 27.7 Å². The van der Waals surface area contributed by atoms with E-state index in [2.05, 4.69) is 50.0 Å². The second-order valence-corrected chi connectivity index (χ2v) is 9.71. The van der Waals surface area contributed by atoms with Gasteiger partial charge in [0, 0.05) is 49.3 Å². The second-order valence-electron chi connectivity index (χ2n) is 8.80. The SMILES string of the molecule is C/C(=C\c1ccc(F)cc1)CN1CCN(CC2ON=C3c4ccc(Br)cc4OCC32)CC1. The lowest BCUT2D eigenvalue weighted by atomic mass is 9.90. The van der Waals surface area contributed by atoms with Gasteiger partial charge in [-0.15, -0.1) is 0 Å². The van der Waals surface area contributed by atoms with E-state index >= 15 is 0 Å². The third-order valence-corrected chi connectivity index (χ3v) is 6.88. The molecular formula is C25H27BrFN3O2. The Morgan fingerprint density at radius 1 is 1.12 bits per heavy atom. The van der Waals surface area contributed by atoms with Crippen LogP contribution in [-0.2, 0) is 4.84 Å². The number of fused-ring (bicyclic) bond motifs is 3. The van der Waals surface area contributed by atoms with Crippen LogP contribution in [0.2, 0.25) is 0 Å². The van der Waals surface area contributed by atoms with Crippen LogP contribution in [0.4, 0.5) is 4.39 Å². The van der Waals surface area contributed by atoms with Gasteiger partial charge >= 0.3 is 0 Å². The second kappa shape index (κ2) is 9.33. The summed E-state index contributed by atoms with van der Waals surface area (Å²) in [6.45, 7) is 8.61. The molecule has 5 nitrogen and oxygen atoms in total. The summed E-state index contributed by atoms with van der Waals surface area (Å²) in [6, 6.07) is 12.7. The zero-order valence-corrected chi connectivity index (χ0v) is 19.7. The summed E-state index contributed by atoms with van der Waals surface area (Å²) >= 11 is 3.50. The molecule has 168 valence electrons. The molecule has 1 saturated heterocycles. The van der Waals surface area contributed by atoms with Crippen LogP contribution in [0, 0.1) is 11.7 Å². The molecule has 2 aromatic rings. The van der Waals surface area contributed by atoms with Crippen molar-refractivity contribution in [2.45, 2.75) is 13.0 Å². The van der Waals surface area contributed by atoms with Crippen molar-refractivity contribution in [3.05, 3.63) is 69.5 Å². The highest BCUT2D eigenvalue weighted by Gasteiger charge is 2.40. The van der Waals surface area contributed by atoms with Gasteiger partial charge in [-0.1, -0.05) is 44.9 Å². The van der Waals surface area contributed by atoms with Crippen LogP contribution in [0.25, 0.3) is 6.08 Å². The molecular weight excluding hydrogens is 473 g/mol. The van der Waals surface area contributed by atoms with Crippen LogP contribution in [0.3, 0.4) is 0 Å². The Hall–Kier alpha value is -2.22. The van der Waals surface area contributed by atoms with Crippen LogP contribution >= 0.6 is 15.9 Å². The summed E-state index contributed by atoms with van der Waals surface area (Å²) in [5, 5.41) is 4.43. The Bertz CT molecular complexity index is 1030. The molecule has 0 aromatic heterocycles. The summed E-state index contributed by atoms with van der Waals surface area (Å²) in [5.74, 6) is 0.857. The van der Waals surface area contributed by atoms with Gasteiger partial charge in [0.1, 0.15) is 23.9 Å². The number of piperazine rings is 1. The number of benzene rings is 2. The molecule has 0 amide bonds. The Balaban J connectivity index is 1.12. The van der Waals surface area contributed by atoms with Crippen molar-refractivity contribution in [1.29, 1.82) is 0 Å². The third kappa shape index (κ3) is 4.75. The predicted octanol–water partition coefficient (Wildman–Crippen LogP) is 4.42. The molecule has 32 heavy (non-hydrogen) atoms. The smallest absolute Gasteiger partial charge is 0.151 e. The molecule has 3 heterocycles. The van der Waals surface area contributed by atoms with Gasteiger partial charge in [0.05, 0.1) is 5.92 Å². The van der Waals surface area contributed by atoms with Crippen LogP contribution < -0.4 is 4.74 Å². The van der Waals surface area contributed by atoms with Crippen molar-refractivity contribution < 1.29 is 14.0 Å². The summed E-state index contributed by atoms with van der Waals surface area (Å²) in [6.07, 6.45) is 2.17. The molecule has 2 aromatic carbocycles. The lowest BCUT2D eigenvalue weighted by Gasteiger charge is -2.36. The molecule has 2 unspecified atom stereocenters. The van der Waals surface area contributed by atoms with E-state index in [1.165, 1.54) is 17.7 Å². The number of halogens is 2. The monoisotopic (exact) mass is 499 g/mol. The topological polar surface area (TPSA) is 37.3 Å². The summed E-state index contributed by atoms with van der Waals surface area (Å²) in [5.41, 5.74) is 4.39. The lowest BCUT2D eigenvalue weighted by Crippen LogP contribution is -2.50. The molecule has 0 bridgehead atoms. The quantitative estimate of drug-likeness (QED) is 0.610. The minimum atomic E-state index is -0.197. The normalized spacial score (nSPS) is 23.7. The number of rotatable bonds is 5. The van der Waals surface area contributed by atoms with E-state index in [0.29, 0.717) is 6.61 Å². The maximum Gasteiger partial charge on any atom is 0.151 e. The van der Waals surface area contributed by atoms with E-state index in [-0.39, 0.29) is 17.8 Å². The largest absolute Gasteiger partial charge is 0.492 e. The van der Waals surface area contributed by atoms with Crippen molar-refractivity contribution in [3.63, 3.8) is 0 Å². The van der Waals surface area contributed by atoms with Gasteiger partial charge < -0.3 is 9.57 Å². The zero-order chi connectivity index (χ0) is 22.1. The Kier molecular flexibility index (Phi) is 6.31. The van der Waals surface area contributed by atoms with Gasteiger partial charge in [0.15, 0.2) is 6.10 Å². The van der Waals surface area contributed by atoms with Gasteiger partial charge in [0.25, 0.3) is 0 Å². The van der Waals surface area contributed by atoms with Gasteiger partial charge in [-0.25, -0.2) is 4.39 Å². The minimum Gasteiger partial charge on any atom is -0.492 e. The standard InChI is InChI=1S/C25H27BrFN3O2/c1-17(12-18-2-5-20(27)6-3-18)14-29-8-10-30(11-9-29)15-24-22-16-31-23-13-19(26)4-7-21(23)25(22)28-32-24/h2-7,12-13,22,24H,8-11,14-16H2,1H3/b17-12+.